The molecule has 0 heterocycles. The minimum absolute atomic E-state index is 0.173. The lowest BCUT2D eigenvalue weighted by Gasteiger charge is -2.18. The standard InChI is InChI=1S/C15H18O/c16-10-15(12-6-7-12)14-8-5-11-3-1-2-4-13(11)9-14/h5,8-10,12,15H,1-4,6-7H2. The summed E-state index contributed by atoms with van der Waals surface area (Å²) in [6, 6.07) is 6.73. The summed E-state index contributed by atoms with van der Waals surface area (Å²) < 4.78 is 0. The van der Waals surface area contributed by atoms with E-state index < -0.39 is 0 Å². The van der Waals surface area contributed by atoms with Crippen molar-refractivity contribution in [2.45, 2.75) is 44.4 Å². The highest BCUT2D eigenvalue weighted by Gasteiger charge is 2.32. The molecule has 3 rings (SSSR count). The summed E-state index contributed by atoms with van der Waals surface area (Å²) >= 11 is 0. The SMILES string of the molecule is O=CC(c1ccc2c(c1)CCCC2)C1CC1. The Kier molecular flexibility index (Phi) is 2.55. The van der Waals surface area contributed by atoms with Gasteiger partial charge in [-0.05, 0) is 61.1 Å². The third kappa shape index (κ3) is 1.79. The molecular formula is C15H18O. The van der Waals surface area contributed by atoms with E-state index >= 15 is 0 Å². The van der Waals surface area contributed by atoms with Gasteiger partial charge in [0.2, 0.25) is 0 Å². The number of fused-ring (bicyclic) bond motifs is 1. The zero-order chi connectivity index (χ0) is 11.0. The monoisotopic (exact) mass is 214 g/mol. The van der Waals surface area contributed by atoms with Gasteiger partial charge in [-0.15, -0.1) is 0 Å². The molecule has 0 aromatic heterocycles. The molecule has 0 bridgehead atoms. The van der Waals surface area contributed by atoms with Crippen LogP contribution in [0.15, 0.2) is 18.2 Å². The summed E-state index contributed by atoms with van der Waals surface area (Å²) in [5.41, 5.74) is 4.27. The Morgan fingerprint density at radius 1 is 1.12 bits per heavy atom. The lowest BCUT2D eigenvalue weighted by atomic mass is 9.86. The fourth-order valence-corrected chi connectivity index (χ4v) is 2.88. The third-order valence-corrected chi connectivity index (χ3v) is 4.03. The summed E-state index contributed by atoms with van der Waals surface area (Å²) in [5.74, 6) is 0.811. The van der Waals surface area contributed by atoms with Crippen molar-refractivity contribution in [1.82, 2.24) is 0 Å². The maximum absolute atomic E-state index is 11.2. The Bertz CT molecular complexity index is 404. The van der Waals surface area contributed by atoms with E-state index in [-0.39, 0.29) is 5.92 Å². The maximum Gasteiger partial charge on any atom is 0.127 e. The molecule has 1 heteroatoms. The van der Waals surface area contributed by atoms with Crippen LogP contribution in [-0.2, 0) is 17.6 Å². The van der Waals surface area contributed by atoms with Crippen molar-refractivity contribution < 1.29 is 4.79 Å². The van der Waals surface area contributed by atoms with E-state index in [2.05, 4.69) is 18.2 Å². The molecule has 0 aliphatic heterocycles. The molecule has 84 valence electrons. The van der Waals surface area contributed by atoms with Crippen molar-refractivity contribution in [3.8, 4) is 0 Å². The van der Waals surface area contributed by atoms with Crippen LogP contribution in [-0.4, -0.2) is 6.29 Å². The second kappa shape index (κ2) is 4.04. The van der Waals surface area contributed by atoms with Crippen molar-refractivity contribution in [3.05, 3.63) is 34.9 Å². The van der Waals surface area contributed by atoms with E-state index in [1.807, 2.05) is 0 Å². The van der Waals surface area contributed by atoms with Crippen LogP contribution >= 0.6 is 0 Å². The Morgan fingerprint density at radius 2 is 1.88 bits per heavy atom. The zero-order valence-electron chi connectivity index (χ0n) is 9.61. The average molecular weight is 214 g/mol. The Morgan fingerprint density at radius 3 is 2.56 bits per heavy atom. The van der Waals surface area contributed by atoms with E-state index in [1.54, 1.807) is 0 Å². The number of aldehydes is 1. The number of hydrogen-bond acceptors (Lipinski definition) is 1. The summed E-state index contributed by atoms with van der Waals surface area (Å²) in [6.07, 6.45) is 8.70. The Labute approximate surface area is 96.9 Å². The summed E-state index contributed by atoms with van der Waals surface area (Å²) in [5, 5.41) is 0. The molecule has 1 saturated carbocycles. The number of rotatable bonds is 3. The molecule has 0 radical (unpaired) electrons. The van der Waals surface area contributed by atoms with E-state index in [0.29, 0.717) is 5.92 Å². The van der Waals surface area contributed by atoms with Gasteiger partial charge in [-0.1, -0.05) is 18.2 Å². The molecule has 1 nitrogen and oxygen atoms in total. The van der Waals surface area contributed by atoms with Gasteiger partial charge in [0.1, 0.15) is 6.29 Å². The summed E-state index contributed by atoms with van der Waals surface area (Å²) in [4.78, 5) is 11.2. The van der Waals surface area contributed by atoms with Crippen LogP contribution in [0.4, 0.5) is 0 Å². The fraction of sp³-hybridized carbons (Fsp3) is 0.533. The molecule has 0 N–H and O–H groups in total. The molecule has 2 aliphatic rings. The van der Waals surface area contributed by atoms with Gasteiger partial charge in [-0.25, -0.2) is 0 Å². The van der Waals surface area contributed by atoms with Gasteiger partial charge in [0.25, 0.3) is 0 Å². The number of carbonyl (C=O) groups is 1. The predicted molar refractivity (Wildman–Crippen MR) is 64.6 cm³/mol. The molecule has 1 fully saturated rings. The van der Waals surface area contributed by atoms with Crippen LogP contribution in [0, 0.1) is 5.92 Å². The van der Waals surface area contributed by atoms with Gasteiger partial charge < -0.3 is 4.79 Å². The molecule has 1 unspecified atom stereocenters. The summed E-state index contributed by atoms with van der Waals surface area (Å²) in [7, 11) is 0. The van der Waals surface area contributed by atoms with Gasteiger partial charge in [-0.2, -0.15) is 0 Å². The molecule has 2 aliphatic carbocycles. The Balaban J connectivity index is 1.92. The third-order valence-electron chi connectivity index (χ3n) is 4.03. The van der Waals surface area contributed by atoms with E-state index in [4.69, 9.17) is 0 Å². The lowest BCUT2D eigenvalue weighted by Crippen LogP contribution is -2.07. The van der Waals surface area contributed by atoms with Gasteiger partial charge in [0, 0.05) is 5.92 Å². The van der Waals surface area contributed by atoms with Gasteiger partial charge >= 0.3 is 0 Å². The van der Waals surface area contributed by atoms with Crippen molar-refractivity contribution in [1.29, 1.82) is 0 Å². The molecular weight excluding hydrogens is 196 g/mol. The van der Waals surface area contributed by atoms with E-state index in [1.165, 1.54) is 55.2 Å². The minimum atomic E-state index is 0.173. The van der Waals surface area contributed by atoms with Crippen LogP contribution < -0.4 is 0 Å². The topological polar surface area (TPSA) is 17.1 Å². The van der Waals surface area contributed by atoms with Crippen molar-refractivity contribution >= 4 is 6.29 Å². The van der Waals surface area contributed by atoms with Gasteiger partial charge in [0.15, 0.2) is 0 Å². The van der Waals surface area contributed by atoms with Crippen LogP contribution in [0.1, 0.15) is 48.3 Å². The largest absolute Gasteiger partial charge is 0.303 e. The first-order chi connectivity index (χ1) is 7.88. The highest BCUT2D eigenvalue weighted by Crippen LogP contribution is 2.42. The molecule has 16 heavy (non-hydrogen) atoms. The van der Waals surface area contributed by atoms with Crippen molar-refractivity contribution in [2.24, 2.45) is 5.92 Å². The lowest BCUT2D eigenvalue weighted by molar-refractivity contribution is -0.109. The molecule has 1 aromatic carbocycles. The highest BCUT2D eigenvalue weighted by molar-refractivity contribution is 5.64. The summed E-state index contributed by atoms with van der Waals surface area (Å²) in [6.45, 7) is 0. The second-order valence-electron chi connectivity index (χ2n) is 5.23. The minimum Gasteiger partial charge on any atom is -0.303 e. The van der Waals surface area contributed by atoms with Crippen molar-refractivity contribution in [3.63, 3.8) is 0 Å². The number of benzene rings is 1. The second-order valence-corrected chi connectivity index (χ2v) is 5.23. The fourth-order valence-electron chi connectivity index (χ4n) is 2.88. The van der Waals surface area contributed by atoms with Gasteiger partial charge in [-0.3, -0.25) is 0 Å². The normalized spacial score (nSPS) is 21.2. The smallest absolute Gasteiger partial charge is 0.127 e. The average Bonchev–Trinajstić information content (AvgIpc) is 3.14. The van der Waals surface area contributed by atoms with E-state index in [0.717, 1.165) is 6.29 Å². The maximum atomic E-state index is 11.2. The number of carbonyl (C=O) groups excluding carboxylic acids is 1. The molecule has 0 saturated heterocycles. The van der Waals surface area contributed by atoms with Crippen LogP contribution in [0.2, 0.25) is 0 Å². The van der Waals surface area contributed by atoms with Gasteiger partial charge in [0.05, 0.1) is 0 Å². The highest BCUT2D eigenvalue weighted by atomic mass is 16.1. The first-order valence-electron chi connectivity index (χ1n) is 6.45. The molecule has 0 amide bonds. The molecule has 1 aromatic rings. The predicted octanol–water partition coefficient (Wildman–Crippen LogP) is 3.26. The number of hydrogen-bond donors (Lipinski definition) is 0. The van der Waals surface area contributed by atoms with E-state index in [9.17, 15) is 4.79 Å². The van der Waals surface area contributed by atoms with Crippen molar-refractivity contribution in [2.75, 3.05) is 0 Å². The van der Waals surface area contributed by atoms with Crippen LogP contribution in [0.5, 0.6) is 0 Å². The first kappa shape index (κ1) is 10.1. The quantitative estimate of drug-likeness (QED) is 0.706. The molecule has 1 atom stereocenters. The zero-order valence-corrected chi connectivity index (χ0v) is 9.61. The van der Waals surface area contributed by atoms with Crippen LogP contribution in [0.3, 0.4) is 0 Å². The number of aryl methyl sites for hydroxylation is 2. The van der Waals surface area contributed by atoms with Crippen LogP contribution in [0.25, 0.3) is 0 Å². The first-order valence-corrected chi connectivity index (χ1v) is 6.45. The molecule has 0 spiro atoms. The Hall–Kier alpha value is -1.11.